The van der Waals surface area contributed by atoms with Gasteiger partial charge in [0.25, 0.3) is 0 Å². The number of hydrogen-bond donors (Lipinski definition) is 1. The fourth-order valence-corrected chi connectivity index (χ4v) is 3.06. The largest absolute Gasteiger partial charge is 0.255 e. The van der Waals surface area contributed by atoms with Crippen LogP contribution in [0, 0.1) is 0 Å². The van der Waals surface area contributed by atoms with Gasteiger partial charge < -0.3 is 0 Å². The molecule has 0 aromatic carbocycles. The quantitative estimate of drug-likeness (QED) is 0.157. The topological polar surface area (TPSA) is 15.3 Å². The molecule has 0 saturated heterocycles. The molecular weight excluding hydrogens is 292 g/mol. The van der Waals surface area contributed by atoms with Crippen LogP contribution in [0.15, 0.2) is 12.2 Å². The average molecular weight is 339 g/mol. The minimum atomic E-state index is 1.10. The predicted octanol–water partition coefficient (Wildman–Crippen LogP) is 6.87. The molecule has 0 amide bonds. The smallest absolute Gasteiger partial charge is 0.0102 e. The molecule has 0 spiro atoms. The molecule has 0 aromatic rings. The van der Waals surface area contributed by atoms with Crippen LogP contribution >= 0.6 is 0 Å². The van der Waals surface area contributed by atoms with E-state index in [4.69, 9.17) is 0 Å². The van der Waals surface area contributed by atoms with E-state index < -0.39 is 0 Å². The van der Waals surface area contributed by atoms with Crippen molar-refractivity contribution in [2.75, 3.05) is 19.6 Å². The Balaban J connectivity index is 3.13. The molecule has 0 heterocycles. The average Bonchev–Trinajstić information content (AvgIpc) is 2.61. The first-order valence-electron chi connectivity index (χ1n) is 11.0. The molecule has 0 bridgehead atoms. The Morgan fingerprint density at radius 3 is 1.54 bits per heavy atom. The van der Waals surface area contributed by atoms with Gasteiger partial charge in [-0.3, -0.25) is 5.43 Å². The van der Waals surface area contributed by atoms with Crippen LogP contribution in [0.4, 0.5) is 0 Å². The first kappa shape index (κ1) is 23.7. The summed E-state index contributed by atoms with van der Waals surface area (Å²) in [5, 5.41) is 2.29. The maximum Gasteiger partial charge on any atom is 0.0102 e. The predicted molar refractivity (Wildman–Crippen MR) is 110 cm³/mol. The van der Waals surface area contributed by atoms with Crippen LogP contribution in [0.5, 0.6) is 0 Å². The molecule has 0 saturated carbocycles. The fraction of sp³-hybridized carbons (Fsp3) is 0.909. The second kappa shape index (κ2) is 20.7. The van der Waals surface area contributed by atoms with Gasteiger partial charge in [-0.25, -0.2) is 5.01 Å². The molecule has 2 nitrogen and oxygen atoms in total. The molecule has 0 aliphatic carbocycles. The third-order valence-corrected chi connectivity index (χ3v) is 4.79. The van der Waals surface area contributed by atoms with E-state index in [9.17, 15) is 0 Å². The summed E-state index contributed by atoms with van der Waals surface area (Å²) in [7, 11) is 0. The molecule has 144 valence electrons. The van der Waals surface area contributed by atoms with E-state index in [-0.39, 0.29) is 0 Å². The van der Waals surface area contributed by atoms with Crippen LogP contribution in [0.2, 0.25) is 0 Å². The van der Waals surface area contributed by atoms with Crippen LogP contribution < -0.4 is 5.43 Å². The molecule has 1 N–H and O–H groups in total. The van der Waals surface area contributed by atoms with Gasteiger partial charge >= 0.3 is 0 Å². The van der Waals surface area contributed by atoms with Gasteiger partial charge in [0, 0.05) is 19.6 Å². The third-order valence-electron chi connectivity index (χ3n) is 4.79. The van der Waals surface area contributed by atoms with Gasteiger partial charge in [0.1, 0.15) is 0 Å². The lowest BCUT2D eigenvalue weighted by atomic mass is 10.1. The van der Waals surface area contributed by atoms with Crippen molar-refractivity contribution in [3.05, 3.63) is 12.2 Å². The molecule has 0 aromatic heterocycles. The van der Waals surface area contributed by atoms with Crippen LogP contribution in [0.1, 0.15) is 111 Å². The Labute approximate surface area is 153 Å². The molecule has 2 heteroatoms. The van der Waals surface area contributed by atoms with E-state index >= 15 is 0 Å². The number of allylic oxidation sites excluding steroid dienone is 2. The Bertz CT molecular complexity index is 246. The highest BCUT2D eigenvalue weighted by atomic mass is 15.5. The number of hydrogen-bond acceptors (Lipinski definition) is 2. The summed E-state index contributed by atoms with van der Waals surface area (Å²) in [6, 6.07) is 0. The lowest BCUT2D eigenvalue weighted by Gasteiger charge is -2.19. The molecule has 24 heavy (non-hydrogen) atoms. The number of rotatable bonds is 19. The Hall–Kier alpha value is -0.340. The van der Waals surface area contributed by atoms with Crippen molar-refractivity contribution < 1.29 is 0 Å². The van der Waals surface area contributed by atoms with Gasteiger partial charge in [-0.05, 0) is 32.1 Å². The molecular formula is C22H46N2. The van der Waals surface area contributed by atoms with Crippen LogP contribution in [-0.2, 0) is 0 Å². The zero-order valence-electron chi connectivity index (χ0n) is 17.1. The van der Waals surface area contributed by atoms with Crippen molar-refractivity contribution in [1.29, 1.82) is 0 Å². The fourth-order valence-electron chi connectivity index (χ4n) is 3.06. The van der Waals surface area contributed by atoms with Crippen molar-refractivity contribution in [1.82, 2.24) is 10.4 Å². The molecule has 0 aliphatic heterocycles. The summed E-state index contributed by atoms with van der Waals surface area (Å²) in [6.45, 7) is 10.0. The lowest BCUT2D eigenvalue weighted by molar-refractivity contribution is 0.207. The minimum absolute atomic E-state index is 1.10. The summed E-state index contributed by atoms with van der Waals surface area (Å²) < 4.78 is 0. The minimum Gasteiger partial charge on any atom is -0.255 e. The first-order chi connectivity index (χ1) is 11.8. The Morgan fingerprint density at radius 2 is 1.04 bits per heavy atom. The van der Waals surface area contributed by atoms with Crippen LogP contribution in [-0.4, -0.2) is 24.6 Å². The second-order valence-corrected chi connectivity index (χ2v) is 7.02. The van der Waals surface area contributed by atoms with E-state index in [1.165, 1.54) is 89.9 Å². The normalized spacial score (nSPS) is 11.8. The van der Waals surface area contributed by atoms with Crippen molar-refractivity contribution in [3.8, 4) is 0 Å². The van der Waals surface area contributed by atoms with Gasteiger partial charge in [0.2, 0.25) is 0 Å². The highest BCUT2D eigenvalue weighted by Gasteiger charge is 1.96. The SMILES string of the molecule is CCCCCCCCC=CCCCCCCCCNN(CC)CC. The van der Waals surface area contributed by atoms with Crippen molar-refractivity contribution in [2.45, 2.75) is 111 Å². The molecule has 0 aliphatic rings. The van der Waals surface area contributed by atoms with Crippen LogP contribution in [0.25, 0.3) is 0 Å². The van der Waals surface area contributed by atoms with Gasteiger partial charge in [-0.1, -0.05) is 90.7 Å². The summed E-state index contributed by atoms with van der Waals surface area (Å²) in [6.07, 6.45) is 24.2. The Kier molecular flexibility index (Phi) is 20.4. The summed E-state index contributed by atoms with van der Waals surface area (Å²) in [5.41, 5.74) is 3.49. The van der Waals surface area contributed by atoms with E-state index in [1.807, 2.05) is 0 Å². The van der Waals surface area contributed by atoms with Crippen molar-refractivity contribution in [2.24, 2.45) is 0 Å². The molecule has 0 unspecified atom stereocenters. The van der Waals surface area contributed by atoms with Gasteiger partial charge in [-0.2, -0.15) is 0 Å². The molecule has 0 fully saturated rings. The summed E-state index contributed by atoms with van der Waals surface area (Å²) in [4.78, 5) is 0. The highest BCUT2D eigenvalue weighted by molar-refractivity contribution is 4.81. The Morgan fingerprint density at radius 1 is 0.583 bits per heavy atom. The maximum atomic E-state index is 3.49. The van der Waals surface area contributed by atoms with Gasteiger partial charge in [0.15, 0.2) is 0 Å². The van der Waals surface area contributed by atoms with Crippen molar-refractivity contribution in [3.63, 3.8) is 0 Å². The van der Waals surface area contributed by atoms with E-state index in [2.05, 4.69) is 43.4 Å². The van der Waals surface area contributed by atoms with E-state index in [1.54, 1.807) is 0 Å². The number of unbranched alkanes of at least 4 members (excludes halogenated alkanes) is 12. The second-order valence-electron chi connectivity index (χ2n) is 7.02. The lowest BCUT2D eigenvalue weighted by Crippen LogP contribution is -2.38. The zero-order valence-corrected chi connectivity index (χ0v) is 17.1. The van der Waals surface area contributed by atoms with Gasteiger partial charge in [-0.15, -0.1) is 0 Å². The maximum absolute atomic E-state index is 3.49. The van der Waals surface area contributed by atoms with E-state index in [0.29, 0.717) is 0 Å². The first-order valence-corrected chi connectivity index (χ1v) is 11.0. The molecule has 0 radical (unpaired) electrons. The van der Waals surface area contributed by atoms with Crippen molar-refractivity contribution >= 4 is 0 Å². The monoisotopic (exact) mass is 338 g/mol. The standard InChI is InChI=1S/C22H46N2/c1-4-7-8-9-10-11-12-13-14-15-16-17-18-19-20-21-22-23-24(5-2)6-3/h13-14,23H,4-12,15-22H2,1-3H3. The highest BCUT2D eigenvalue weighted by Crippen LogP contribution is 2.09. The number of nitrogens with one attached hydrogen (secondary N) is 1. The van der Waals surface area contributed by atoms with E-state index in [0.717, 1.165) is 19.6 Å². The number of nitrogens with zero attached hydrogens (tertiary/aromatic N) is 1. The summed E-state index contributed by atoms with van der Waals surface area (Å²) in [5.74, 6) is 0. The van der Waals surface area contributed by atoms with Crippen LogP contribution in [0.3, 0.4) is 0 Å². The van der Waals surface area contributed by atoms with Gasteiger partial charge in [0.05, 0.1) is 0 Å². The molecule has 0 rings (SSSR count). The number of hydrazine groups is 1. The third kappa shape index (κ3) is 18.0. The summed E-state index contributed by atoms with van der Waals surface area (Å²) >= 11 is 0. The molecule has 0 atom stereocenters. The zero-order chi connectivity index (χ0) is 17.7.